The molecule has 0 saturated carbocycles. The maximum absolute atomic E-state index is 12.3. The van der Waals surface area contributed by atoms with E-state index in [1.165, 1.54) is 12.8 Å². The molecular weight excluding hydrogens is 298 g/mol. The van der Waals surface area contributed by atoms with Crippen LogP contribution in [-0.4, -0.2) is 53.4 Å². The Morgan fingerprint density at radius 2 is 2.36 bits per heavy atom. The molecule has 7 heteroatoms. The number of nitrogens with zero attached hydrogens (tertiary/aromatic N) is 2. The van der Waals surface area contributed by atoms with Crippen LogP contribution in [0, 0.1) is 5.41 Å². The molecule has 0 aliphatic carbocycles. The number of rotatable bonds is 5. The zero-order valence-electron chi connectivity index (χ0n) is 13.1. The number of piperidine rings is 1. The average Bonchev–Trinajstić information content (AvgIpc) is 3.12. The van der Waals surface area contributed by atoms with E-state index in [4.69, 9.17) is 0 Å². The number of amides is 1. The van der Waals surface area contributed by atoms with E-state index in [0.29, 0.717) is 12.0 Å². The van der Waals surface area contributed by atoms with Crippen molar-refractivity contribution in [3.63, 3.8) is 0 Å². The van der Waals surface area contributed by atoms with Crippen LogP contribution in [0.5, 0.6) is 0 Å². The molecule has 2 fully saturated rings. The SMILES string of the molecule is Cn1ccnc1SCCNC(=O)[C@H]1CC2(CCNCC2)CN1. The van der Waals surface area contributed by atoms with Gasteiger partial charge in [-0.05, 0) is 37.8 Å². The van der Waals surface area contributed by atoms with Crippen LogP contribution in [0.25, 0.3) is 0 Å². The van der Waals surface area contributed by atoms with E-state index in [0.717, 1.165) is 37.0 Å². The highest BCUT2D eigenvalue weighted by molar-refractivity contribution is 7.99. The summed E-state index contributed by atoms with van der Waals surface area (Å²) >= 11 is 1.67. The second kappa shape index (κ2) is 7.02. The number of thioether (sulfide) groups is 1. The molecule has 0 unspecified atom stereocenters. The number of carbonyl (C=O) groups excluding carboxylic acids is 1. The van der Waals surface area contributed by atoms with Crippen molar-refractivity contribution in [3.05, 3.63) is 12.4 Å². The molecule has 0 radical (unpaired) electrons. The van der Waals surface area contributed by atoms with E-state index >= 15 is 0 Å². The maximum Gasteiger partial charge on any atom is 0.237 e. The Morgan fingerprint density at radius 3 is 3.09 bits per heavy atom. The van der Waals surface area contributed by atoms with Crippen LogP contribution >= 0.6 is 11.8 Å². The maximum atomic E-state index is 12.3. The first-order chi connectivity index (χ1) is 10.7. The molecule has 0 bridgehead atoms. The molecule has 6 nitrogen and oxygen atoms in total. The van der Waals surface area contributed by atoms with Gasteiger partial charge in [-0.15, -0.1) is 0 Å². The Labute approximate surface area is 135 Å². The molecule has 1 spiro atoms. The summed E-state index contributed by atoms with van der Waals surface area (Å²) in [6.07, 6.45) is 7.06. The number of nitrogens with one attached hydrogen (secondary N) is 3. The fourth-order valence-electron chi connectivity index (χ4n) is 3.37. The van der Waals surface area contributed by atoms with Crippen molar-refractivity contribution < 1.29 is 4.79 Å². The Kier molecular flexibility index (Phi) is 5.05. The van der Waals surface area contributed by atoms with Gasteiger partial charge in [0.15, 0.2) is 5.16 Å². The van der Waals surface area contributed by atoms with Crippen molar-refractivity contribution in [2.24, 2.45) is 12.5 Å². The number of imidazole rings is 1. The van der Waals surface area contributed by atoms with Crippen molar-refractivity contribution in [2.75, 3.05) is 31.9 Å². The van der Waals surface area contributed by atoms with Gasteiger partial charge in [-0.3, -0.25) is 4.79 Å². The van der Waals surface area contributed by atoms with Gasteiger partial charge in [-0.2, -0.15) is 0 Å². The zero-order chi connectivity index (χ0) is 15.4. The third kappa shape index (κ3) is 3.64. The summed E-state index contributed by atoms with van der Waals surface area (Å²) in [6.45, 7) is 3.82. The predicted octanol–water partition coefficient (Wildman–Crippen LogP) is 0.360. The van der Waals surface area contributed by atoms with Crippen molar-refractivity contribution in [1.82, 2.24) is 25.5 Å². The summed E-state index contributed by atoms with van der Waals surface area (Å²) in [5, 5.41) is 10.9. The molecule has 2 aliphatic rings. The number of aryl methyl sites for hydroxylation is 1. The lowest BCUT2D eigenvalue weighted by molar-refractivity contribution is -0.122. The minimum absolute atomic E-state index is 0.0174. The summed E-state index contributed by atoms with van der Waals surface area (Å²) < 4.78 is 1.99. The molecule has 22 heavy (non-hydrogen) atoms. The molecule has 3 heterocycles. The van der Waals surface area contributed by atoms with Crippen molar-refractivity contribution in [2.45, 2.75) is 30.5 Å². The number of hydrogen-bond donors (Lipinski definition) is 3. The van der Waals surface area contributed by atoms with Gasteiger partial charge in [-0.1, -0.05) is 11.8 Å². The monoisotopic (exact) mass is 323 g/mol. The molecular formula is C15H25N5OS. The van der Waals surface area contributed by atoms with Crippen molar-refractivity contribution in [1.29, 1.82) is 0 Å². The summed E-state index contributed by atoms with van der Waals surface area (Å²) in [4.78, 5) is 16.5. The van der Waals surface area contributed by atoms with Gasteiger partial charge in [0.25, 0.3) is 0 Å². The minimum atomic E-state index is -0.0174. The third-order valence-electron chi connectivity index (χ3n) is 4.75. The van der Waals surface area contributed by atoms with Crippen LogP contribution in [0.3, 0.4) is 0 Å². The lowest BCUT2D eigenvalue weighted by Gasteiger charge is -2.33. The highest BCUT2D eigenvalue weighted by atomic mass is 32.2. The summed E-state index contributed by atoms with van der Waals surface area (Å²) in [5.74, 6) is 0.995. The van der Waals surface area contributed by atoms with Crippen molar-refractivity contribution in [3.8, 4) is 0 Å². The Hall–Kier alpha value is -1.05. The molecule has 122 valence electrons. The van der Waals surface area contributed by atoms with E-state index in [9.17, 15) is 4.79 Å². The molecule has 2 aliphatic heterocycles. The average molecular weight is 323 g/mol. The fourth-order valence-corrected chi connectivity index (χ4v) is 4.16. The molecule has 1 aromatic rings. The lowest BCUT2D eigenvalue weighted by Crippen LogP contribution is -2.41. The third-order valence-corrected chi connectivity index (χ3v) is 5.81. The second-order valence-corrected chi connectivity index (χ2v) is 7.41. The van der Waals surface area contributed by atoms with Gasteiger partial charge >= 0.3 is 0 Å². The highest BCUT2D eigenvalue weighted by Crippen LogP contribution is 2.37. The quantitative estimate of drug-likeness (QED) is 0.539. The molecule has 1 amide bonds. The molecule has 2 saturated heterocycles. The smallest absolute Gasteiger partial charge is 0.237 e. The fraction of sp³-hybridized carbons (Fsp3) is 0.733. The Morgan fingerprint density at radius 1 is 1.55 bits per heavy atom. The standard InChI is InChI=1S/C15H25N5OS/c1-20-8-6-18-14(20)22-9-7-17-13(21)12-10-15(11-19-12)2-4-16-5-3-15/h6,8,12,16,19H,2-5,7,9-11H2,1H3,(H,17,21)/t12-/m1/s1. The van der Waals surface area contributed by atoms with E-state index < -0.39 is 0 Å². The molecule has 3 N–H and O–H groups in total. The number of aromatic nitrogens is 2. The van der Waals surface area contributed by atoms with E-state index in [-0.39, 0.29) is 11.9 Å². The van der Waals surface area contributed by atoms with Gasteiger partial charge in [-0.25, -0.2) is 4.98 Å². The molecule has 1 atom stereocenters. The first-order valence-corrected chi connectivity index (χ1v) is 8.99. The van der Waals surface area contributed by atoms with Gasteiger partial charge in [0.2, 0.25) is 5.91 Å². The Balaban J connectivity index is 1.38. The van der Waals surface area contributed by atoms with Gasteiger partial charge < -0.3 is 20.5 Å². The van der Waals surface area contributed by atoms with Crippen LogP contribution in [0.15, 0.2) is 17.6 Å². The van der Waals surface area contributed by atoms with Crippen LogP contribution in [0.1, 0.15) is 19.3 Å². The zero-order valence-corrected chi connectivity index (χ0v) is 13.9. The van der Waals surface area contributed by atoms with Crippen LogP contribution in [-0.2, 0) is 11.8 Å². The first kappa shape index (κ1) is 15.8. The number of hydrogen-bond acceptors (Lipinski definition) is 5. The largest absolute Gasteiger partial charge is 0.354 e. The summed E-state index contributed by atoms with van der Waals surface area (Å²) in [7, 11) is 1.98. The first-order valence-electron chi connectivity index (χ1n) is 8.01. The highest BCUT2D eigenvalue weighted by Gasteiger charge is 2.41. The van der Waals surface area contributed by atoms with Gasteiger partial charge in [0.1, 0.15) is 0 Å². The van der Waals surface area contributed by atoms with E-state index in [1.54, 1.807) is 18.0 Å². The molecule has 3 rings (SSSR count). The van der Waals surface area contributed by atoms with Crippen LogP contribution in [0.4, 0.5) is 0 Å². The normalized spacial score (nSPS) is 23.8. The predicted molar refractivity (Wildman–Crippen MR) is 87.9 cm³/mol. The molecule has 0 aromatic carbocycles. The van der Waals surface area contributed by atoms with Gasteiger partial charge in [0.05, 0.1) is 6.04 Å². The van der Waals surface area contributed by atoms with E-state index in [1.807, 2.05) is 17.8 Å². The summed E-state index contributed by atoms with van der Waals surface area (Å²) in [6, 6.07) is -0.0174. The van der Waals surface area contributed by atoms with Crippen LogP contribution in [0.2, 0.25) is 0 Å². The lowest BCUT2D eigenvalue weighted by atomic mass is 9.77. The number of carbonyl (C=O) groups is 1. The van der Waals surface area contributed by atoms with Crippen molar-refractivity contribution >= 4 is 17.7 Å². The van der Waals surface area contributed by atoms with E-state index in [2.05, 4.69) is 20.9 Å². The molecule has 1 aromatic heterocycles. The second-order valence-electron chi connectivity index (χ2n) is 6.35. The topological polar surface area (TPSA) is 71.0 Å². The van der Waals surface area contributed by atoms with Gasteiger partial charge in [0, 0.05) is 38.3 Å². The Bertz CT molecular complexity index is 512. The summed E-state index contributed by atoms with van der Waals surface area (Å²) in [5.41, 5.74) is 0.342. The minimum Gasteiger partial charge on any atom is -0.354 e. The van der Waals surface area contributed by atoms with Crippen LogP contribution < -0.4 is 16.0 Å².